The van der Waals surface area contributed by atoms with Gasteiger partial charge in [-0.2, -0.15) is 0 Å². The van der Waals surface area contributed by atoms with Crippen molar-refractivity contribution in [1.29, 1.82) is 0 Å². The molecule has 0 radical (unpaired) electrons. The van der Waals surface area contributed by atoms with Crippen LogP contribution in [0.4, 0.5) is 4.39 Å². The Labute approximate surface area is 111 Å². The van der Waals surface area contributed by atoms with E-state index in [4.69, 9.17) is 9.47 Å². The SMILES string of the molecule is COc1cccc(CC(=O)CC2COCCN2)c1F. The minimum absolute atomic E-state index is 0.00449. The Morgan fingerprint density at radius 1 is 1.58 bits per heavy atom. The number of carbonyl (C=O) groups excluding carboxylic acids is 1. The van der Waals surface area contributed by atoms with Crippen molar-refractivity contribution in [3.05, 3.63) is 29.6 Å². The minimum Gasteiger partial charge on any atom is -0.494 e. The van der Waals surface area contributed by atoms with Crippen LogP contribution in [0, 0.1) is 5.82 Å². The maximum Gasteiger partial charge on any atom is 0.168 e. The number of carbonyl (C=O) groups is 1. The van der Waals surface area contributed by atoms with E-state index in [0.717, 1.165) is 6.54 Å². The molecule has 1 aromatic rings. The third kappa shape index (κ3) is 3.75. The lowest BCUT2D eigenvalue weighted by molar-refractivity contribution is -0.119. The molecule has 0 aromatic heterocycles. The van der Waals surface area contributed by atoms with Crippen LogP contribution in [0.2, 0.25) is 0 Å². The predicted octanol–water partition coefficient (Wildman–Crippen LogP) is 1.32. The van der Waals surface area contributed by atoms with E-state index < -0.39 is 5.82 Å². The number of morpholine rings is 1. The van der Waals surface area contributed by atoms with Gasteiger partial charge in [0, 0.05) is 25.4 Å². The second-order valence-corrected chi connectivity index (χ2v) is 4.58. The number of halogens is 1. The molecule has 0 amide bonds. The van der Waals surface area contributed by atoms with Gasteiger partial charge in [-0.3, -0.25) is 4.79 Å². The summed E-state index contributed by atoms with van der Waals surface area (Å²) in [5, 5.41) is 3.21. The summed E-state index contributed by atoms with van der Waals surface area (Å²) in [6.07, 6.45) is 0.442. The van der Waals surface area contributed by atoms with Crippen molar-refractivity contribution in [3.8, 4) is 5.75 Å². The molecular weight excluding hydrogens is 249 g/mol. The summed E-state index contributed by atoms with van der Waals surface area (Å²) in [5.41, 5.74) is 0.376. The van der Waals surface area contributed by atoms with E-state index in [0.29, 0.717) is 25.2 Å². The average Bonchev–Trinajstić information content (AvgIpc) is 2.42. The Morgan fingerprint density at radius 2 is 2.42 bits per heavy atom. The molecule has 1 atom stereocenters. The predicted molar refractivity (Wildman–Crippen MR) is 68.9 cm³/mol. The Balaban J connectivity index is 1.94. The standard InChI is InChI=1S/C14H18FNO3/c1-18-13-4-2-3-10(14(13)15)7-12(17)8-11-9-19-6-5-16-11/h2-4,11,16H,5-9H2,1H3. The van der Waals surface area contributed by atoms with E-state index in [1.54, 1.807) is 18.2 Å². The molecule has 19 heavy (non-hydrogen) atoms. The van der Waals surface area contributed by atoms with Gasteiger partial charge in [0.15, 0.2) is 11.6 Å². The fourth-order valence-corrected chi connectivity index (χ4v) is 2.16. The number of nitrogens with one attached hydrogen (secondary N) is 1. The van der Waals surface area contributed by atoms with E-state index in [-0.39, 0.29) is 24.0 Å². The maximum atomic E-state index is 13.9. The Morgan fingerprint density at radius 3 is 3.11 bits per heavy atom. The highest BCUT2D eigenvalue weighted by atomic mass is 19.1. The van der Waals surface area contributed by atoms with Crippen LogP contribution in [0.15, 0.2) is 18.2 Å². The number of benzene rings is 1. The van der Waals surface area contributed by atoms with E-state index in [1.807, 2.05) is 0 Å². The molecule has 0 saturated carbocycles. The highest BCUT2D eigenvalue weighted by molar-refractivity contribution is 5.81. The summed E-state index contributed by atoms with van der Waals surface area (Å²) in [5.74, 6) is -0.286. The number of hydrogen-bond donors (Lipinski definition) is 1. The van der Waals surface area contributed by atoms with Crippen molar-refractivity contribution in [1.82, 2.24) is 5.32 Å². The van der Waals surface area contributed by atoms with Gasteiger partial charge >= 0.3 is 0 Å². The van der Waals surface area contributed by atoms with Gasteiger partial charge in [-0.15, -0.1) is 0 Å². The summed E-state index contributed by atoms with van der Waals surface area (Å²) < 4.78 is 24.1. The number of hydrogen-bond acceptors (Lipinski definition) is 4. The molecular formula is C14H18FNO3. The van der Waals surface area contributed by atoms with Crippen LogP contribution in [0.1, 0.15) is 12.0 Å². The first-order chi connectivity index (χ1) is 9.20. The van der Waals surface area contributed by atoms with Crippen molar-refractivity contribution in [2.75, 3.05) is 26.9 Å². The van der Waals surface area contributed by atoms with Crippen molar-refractivity contribution in [2.45, 2.75) is 18.9 Å². The molecule has 5 heteroatoms. The largest absolute Gasteiger partial charge is 0.494 e. The molecule has 1 aromatic carbocycles. The molecule has 0 spiro atoms. The van der Waals surface area contributed by atoms with Gasteiger partial charge in [0.1, 0.15) is 5.78 Å². The van der Waals surface area contributed by atoms with Crippen molar-refractivity contribution in [3.63, 3.8) is 0 Å². The van der Waals surface area contributed by atoms with Crippen LogP contribution in [-0.4, -0.2) is 38.7 Å². The lowest BCUT2D eigenvalue weighted by Crippen LogP contribution is -2.42. The van der Waals surface area contributed by atoms with E-state index in [1.165, 1.54) is 7.11 Å². The van der Waals surface area contributed by atoms with Gasteiger partial charge < -0.3 is 14.8 Å². The molecule has 0 bridgehead atoms. The molecule has 4 nitrogen and oxygen atoms in total. The number of ketones is 1. The highest BCUT2D eigenvalue weighted by Gasteiger charge is 2.18. The molecule has 2 rings (SSSR count). The van der Waals surface area contributed by atoms with Gasteiger partial charge in [0.05, 0.1) is 20.3 Å². The zero-order valence-corrected chi connectivity index (χ0v) is 10.9. The van der Waals surface area contributed by atoms with E-state index in [2.05, 4.69) is 5.32 Å². The maximum absolute atomic E-state index is 13.9. The third-order valence-electron chi connectivity index (χ3n) is 3.12. The molecule has 1 aliphatic rings. The lowest BCUT2D eigenvalue weighted by atomic mass is 10.0. The van der Waals surface area contributed by atoms with Crippen LogP contribution >= 0.6 is 0 Å². The van der Waals surface area contributed by atoms with E-state index in [9.17, 15) is 9.18 Å². The smallest absolute Gasteiger partial charge is 0.168 e. The summed E-state index contributed by atoms with van der Waals surface area (Å²) in [6.45, 7) is 1.97. The molecule has 1 unspecified atom stereocenters. The van der Waals surface area contributed by atoms with Gasteiger partial charge in [0.25, 0.3) is 0 Å². The fraction of sp³-hybridized carbons (Fsp3) is 0.500. The summed E-state index contributed by atoms with van der Waals surface area (Å²) >= 11 is 0. The van der Waals surface area contributed by atoms with Crippen LogP contribution in [0.25, 0.3) is 0 Å². The summed E-state index contributed by atoms with van der Waals surface area (Å²) in [4.78, 5) is 11.9. The fourth-order valence-electron chi connectivity index (χ4n) is 2.16. The Kier molecular flexibility index (Phi) is 4.87. The third-order valence-corrected chi connectivity index (χ3v) is 3.12. The molecule has 1 fully saturated rings. The first-order valence-electron chi connectivity index (χ1n) is 6.35. The number of ether oxygens (including phenoxy) is 2. The first-order valence-corrected chi connectivity index (χ1v) is 6.35. The van der Waals surface area contributed by atoms with Crippen molar-refractivity contribution >= 4 is 5.78 Å². The summed E-state index contributed by atoms with van der Waals surface area (Å²) in [7, 11) is 1.41. The van der Waals surface area contributed by atoms with Crippen LogP contribution in [-0.2, 0) is 16.0 Å². The van der Waals surface area contributed by atoms with Crippen molar-refractivity contribution < 1.29 is 18.7 Å². The monoisotopic (exact) mass is 267 g/mol. The van der Waals surface area contributed by atoms with Gasteiger partial charge in [-0.05, 0) is 11.6 Å². The quantitative estimate of drug-likeness (QED) is 0.874. The second-order valence-electron chi connectivity index (χ2n) is 4.58. The Hall–Kier alpha value is -1.46. The number of methoxy groups -OCH3 is 1. The minimum atomic E-state index is -0.453. The normalized spacial score (nSPS) is 19.2. The number of rotatable bonds is 5. The van der Waals surface area contributed by atoms with Gasteiger partial charge in [0.2, 0.25) is 0 Å². The van der Waals surface area contributed by atoms with Crippen molar-refractivity contribution in [2.24, 2.45) is 0 Å². The van der Waals surface area contributed by atoms with E-state index >= 15 is 0 Å². The first kappa shape index (κ1) is 14.0. The Bertz CT molecular complexity index is 444. The molecule has 1 heterocycles. The molecule has 0 aliphatic carbocycles. The van der Waals surface area contributed by atoms with Crippen LogP contribution in [0.3, 0.4) is 0 Å². The lowest BCUT2D eigenvalue weighted by Gasteiger charge is -2.23. The van der Waals surface area contributed by atoms with Crippen LogP contribution < -0.4 is 10.1 Å². The van der Waals surface area contributed by atoms with Gasteiger partial charge in [-0.1, -0.05) is 12.1 Å². The molecule has 1 aliphatic heterocycles. The molecule has 1 N–H and O–H groups in total. The zero-order valence-electron chi connectivity index (χ0n) is 10.9. The van der Waals surface area contributed by atoms with Crippen LogP contribution in [0.5, 0.6) is 5.75 Å². The number of Topliss-reactive ketones (excluding diaryl/α,β-unsaturated/α-hetero) is 1. The highest BCUT2D eigenvalue weighted by Crippen LogP contribution is 2.20. The average molecular weight is 267 g/mol. The van der Waals surface area contributed by atoms with Gasteiger partial charge in [-0.25, -0.2) is 4.39 Å². The second kappa shape index (κ2) is 6.63. The topological polar surface area (TPSA) is 47.6 Å². The molecule has 1 saturated heterocycles. The summed E-state index contributed by atoms with van der Waals surface area (Å²) in [6, 6.07) is 4.88. The molecule has 104 valence electrons. The zero-order chi connectivity index (χ0) is 13.7.